The second kappa shape index (κ2) is 4.93. The Morgan fingerprint density at radius 3 is 2.93 bits per heavy atom. The van der Waals surface area contributed by atoms with Crippen molar-refractivity contribution in [2.75, 3.05) is 0 Å². The first-order chi connectivity index (χ1) is 6.67. The van der Waals surface area contributed by atoms with Gasteiger partial charge in [0.1, 0.15) is 0 Å². The molecule has 78 valence electrons. The van der Waals surface area contributed by atoms with Crippen molar-refractivity contribution < 1.29 is 0 Å². The Labute approximate surface area is 84.8 Å². The van der Waals surface area contributed by atoms with Gasteiger partial charge in [0.2, 0.25) is 0 Å². The molecule has 4 heteroatoms. The second-order valence-electron chi connectivity index (χ2n) is 3.49. The van der Waals surface area contributed by atoms with Gasteiger partial charge in [0.25, 0.3) is 0 Å². The van der Waals surface area contributed by atoms with Crippen LogP contribution in [0.4, 0.5) is 0 Å². The van der Waals surface area contributed by atoms with Crippen LogP contribution in [0, 0.1) is 6.92 Å². The number of aryl methyl sites for hydroxylation is 2. The van der Waals surface area contributed by atoms with E-state index in [1.54, 1.807) is 0 Å². The van der Waals surface area contributed by atoms with Crippen LogP contribution in [0.25, 0.3) is 0 Å². The zero-order valence-corrected chi connectivity index (χ0v) is 8.83. The zero-order chi connectivity index (χ0) is 10.6. The molecule has 0 aliphatic carbocycles. The average Bonchev–Trinajstić information content (AvgIpc) is 2.44. The van der Waals surface area contributed by atoms with Gasteiger partial charge in [-0.05, 0) is 19.4 Å². The maximum Gasteiger partial charge on any atom is 0.0596 e. The highest BCUT2D eigenvalue weighted by molar-refractivity contribution is 5.10. The molecular formula is C10H18N4. The quantitative estimate of drug-likeness (QED) is 0.412. The summed E-state index contributed by atoms with van der Waals surface area (Å²) in [5.74, 6) is 5.44. The molecule has 0 spiro atoms. The normalized spacial score (nSPS) is 12.8. The van der Waals surface area contributed by atoms with E-state index in [-0.39, 0.29) is 6.04 Å². The predicted octanol–water partition coefficient (Wildman–Crippen LogP) is 0.679. The first kappa shape index (κ1) is 10.9. The Morgan fingerprint density at radius 1 is 1.79 bits per heavy atom. The smallest absolute Gasteiger partial charge is 0.0596 e. The van der Waals surface area contributed by atoms with E-state index in [2.05, 4.69) is 23.2 Å². The van der Waals surface area contributed by atoms with E-state index in [4.69, 9.17) is 5.84 Å². The number of nitrogens with one attached hydrogen (secondary N) is 1. The number of hydrogen-bond donors (Lipinski definition) is 2. The van der Waals surface area contributed by atoms with Crippen molar-refractivity contribution in [3.63, 3.8) is 0 Å². The van der Waals surface area contributed by atoms with Gasteiger partial charge in [0, 0.05) is 25.2 Å². The molecule has 1 atom stereocenters. The average molecular weight is 194 g/mol. The summed E-state index contributed by atoms with van der Waals surface area (Å²) in [4.78, 5) is 0. The van der Waals surface area contributed by atoms with Gasteiger partial charge >= 0.3 is 0 Å². The first-order valence-electron chi connectivity index (χ1n) is 4.74. The van der Waals surface area contributed by atoms with Crippen molar-refractivity contribution in [2.45, 2.75) is 25.8 Å². The summed E-state index contributed by atoms with van der Waals surface area (Å²) in [5, 5.41) is 4.28. The number of hydrazine groups is 1. The lowest BCUT2D eigenvalue weighted by Gasteiger charge is -2.13. The lowest BCUT2D eigenvalue weighted by Crippen LogP contribution is -2.36. The van der Waals surface area contributed by atoms with Crippen LogP contribution in [0.2, 0.25) is 0 Å². The van der Waals surface area contributed by atoms with Gasteiger partial charge < -0.3 is 0 Å². The standard InChI is InChI=1S/C10H18N4/c1-4-5-9(12-11)7-10-6-8(2)13-14(10)3/h4,6,9,12H,1,5,7,11H2,2-3H3. The Bertz CT molecular complexity index is 303. The summed E-state index contributed by atoms with van der Waals surface area (Å²) in [6.45, 7) is 5.69. The Hall–Kier alpha value is -1.13. The van der Waals surface area contributed by atoms with E-state index in [1.165, 1.54) is 5.69 Å². The zero-order valence-electron chi connectivity index (χ0n) is 8.83. The van der Waals surface area contributed by atoms with Crippen LogP contribution < -0.4 is 11.3 Å². The van der Waals surface area contributed by atoms with Crippen molar-refractivity contribution in [1.29, 1.82) is 0 Å². The molecule has 0 bridgehead atoms. The van der Waals surface area contributed by atoms with Gasteiger partial charge in [0.15, 0.2) is 0 Å². The lowest BCUT2D eigenvalue weighted by molar-refractivity contribution is 0.512. The molecule has 3 N–H and O–H groups in total. The fourth-order valence-electron chi connectivity index (χ4n) is 1.52. The molecule has 1 aromatic rings. The summed E-state index contributed by atoms with van der Waals surface area (Å²) >= 11 is 0. The summed E-state index contributed by atoms with van der Waals surface area (Å²) in [7, 11) is 1.95. The van der Waals surface area contributed by atoms with E-state index >= 15 is 0 Å². The minimum atomic E-state index is 0.238. The molecule has 1 aromatic heterocycles. The highest BCUT2D eigenvalue weighted by Gasteiger charge is 2.09. The molecule has 1 rings (SSSR count). The highest BCUT2D eigenvalue weighted by atomic mass is 15.3. The number of nitrogens with zero attached hydrogens (tertiary/aromatic N) is 2. The molecule has 0 saturated carbocycles. The van der Waals surface area contributed by atoms with Gasteiger partial charge in [-0.25, -0.2) is 0 Å². The molecule has 0 fully saturated rings. The SMILES string of the molecule is C=CCC(Cc1cc(C)nn1C)NN. The minimum Gasteiger partial charge on any atom is -0.272 e. The summed E-state index contributed by atoms with van der Waals surface area (Å²) in [6, 6.07) is 2.32. The van der Waals surface area contributed by atoms with Crippen molar-refractivity contribution in [3.05, 3.63) is 30.1 Å². The Morgan fingerprint density at radius 2 is 2.50 bits per heavy atom. The molecule has 0 aliphatic heterocycles. The van der Waals surface area contributed by atoms with Crippen LogP contribution in [0.3, 0.4) is 0 Å². The molecule has 14 heavy (non-hydrogen) atoms. The summed E-state index contributed by atoms with van der Waals surface area (Å²) in [6.07, 6.45) is 3.61. The van der Waals surface area contributed by atoms with Crippen molar-refractivity contribution in [3.8, 4) is 0 Å². The van der Waals surface area contributed by atoms with Crippen LogP contribution in [0.15, 0.2) is 18.7 Å². The fraction of sp³-hybridized carbons (Fsp3) is 0.500. The van der Waals surface area contributed by atoms with Crippen molar-refractivity contribution >= 4 is 0 Å². The molecule has 1 unspecified atom stereocenters. The molecular weight excluding hydrogens is 176 g/mol. The Kier molecular flexibility index (Phi) is 3.85. The first-order valence-corrected chi connectivity index (χ1v) is 4.74. The van der Waals surface area contributed by atoms with Crippen LogP contribution in [0.1, 0.15) is 17.8 Å². The van der Waals surface area contributed by atoms with Gasteiger partial charge in [-0.15, -0.1) is 6.58 Å². The molecule has 0 radical (unpaired) electrons. The van der Waals surface area contributed by atoms with Crippen LogP contribution in [0.5, 0.6) is 0 Å². The lowest BCUT2D eigenvalue weighted by atomic mass is 10.1. The summed E-state index contributed by atoms with van der Waals surface area (Å²) < 4.78 is 1.89. The van der Waals surface area contributed by atoms with Crippen molar-refractivity contribution in [2.24, 2.45) is 12.9 Å². The number of rotatable bonds is 5. The second-order valence-corrected chi connectivity index (χ2v) is 3.49. The van der Waals surface area contributed by atoms with Gasteiger partial charge in [-0.1, -0.05) is 6.08 Å². The molecule has 0 saturated heterocycles. The van der Waals surface area contributed by atoms with Gasteiger partial charge in [0.05, 0.1) is 5.69 Å². The third kappa shape index (κ3) is 2.68. The minimum absolute atomic E-state index is 0.238. The third-order valence-corrected chi connectivity index (χ3v) is 2.24. The van der Waals surface area contributed by atoms with E-state index in [9.17, 15) is 0 Å². The van der Waals surface area contributed by atoms with Gasteiger partial charge in [-0.3, -0.25) is 16.0 Å². The monoisotopic (exact) mass is 194 g/mol. The van der Waals surface area contributed by atoms with E-state index in [0.717, 1.165) is 18.5 Å². The number of aromatic nitrogens is 2. The number of nitrogens with two attached hydrogens (primary N) is 1. The predicted molar refractivity (Wildman–Crippen MR) is 57.6 cm³/mol. The maximum absolute atomic E-state index is 5.44. The highest BCUT2D eigenvalue weighted by Crippen LogP contribution is 2.07. The van der Waals surface area contributed by atoms with Crippen LogP contribution >= 0.6 is 0 Å². The fourth-order valence-corrected chi connectivity index (χ4v) is 1.52. The van der Waals surface area contributed by atoms with Gasteiger partial charge in [-0.2, -0.15) is 5.10 Å². The van der Waals surface area contributed by atoms with Crippen LogP contribution in [-0.2, 0) is 13.5 Å². The molecule has 0 aromatic carbocycles. The maximum atomic E-state index is 5.44. The topological polar surface area (TPSA) is 55.9 Å². The largest absolute Gasteiger partial charge is 0.272 e. The molecule has 0 aliphatic rings. The molecule has 0 amide bonds. The molecule has 1 heterocycles. The van der Waals surface area contributed by atoms with E-state index in [1.807, 2.05) is 24.7 Å². The molecule has 4 nitrogen and oxygen atoms in total. The van der Waals surface area contributed by atoms with E-state index in [0.29, 0.717) is 0 Å². The van der Waals surface area contributed by atoms with Crippen molar-refractivity contribution in [1.82, 2.24) is 15.2 Å². The number of hydrogen-bond acceptors (Lipinski definition) is 3. The Balaban J connectivity index is 2.65. The summed E-state index contributed by atoms with van der Waals surface area (Å²) in [5.41, 5.74) is 5.00. The van der Waals surface area contributed by atoms with Crippen LogP contribution in [-0.4, -0.2) is 15.8 Å². The van der Waals surface area contributed by atoms with E-state index < -0.39 is 0 Å². The third-order valence-electron chi connectivity index (χ3n) is 2.24.